The molecule has 5 nitrogen and oxygen atoms in total. The van der Waals surface area contributed by atoms with Crippen LogP contribution in [0.5, 0.6) is 11.5 Å². The van der Waals surface area contributed by atoms with Gasteiger partial charge >= 0.3 is 0 Å². The summed E-state index contributed by atoms with van der Waals surface area (Å²) in [6, 6.07) is 14.1. The maximum absolute atomic E-state index is 13.8. The highest BCUT2D eigenvalue weighted by molar-refractivity contribution is 7.92. The van der Waals surface area contributed by atoms with Gasteiger partial charge in [0.15, 0.2) is 11.6 Å². The third-order valence-corrected chi connectivity index (χ3v) is 7.81. The molecule has 0 radical (unpaired) electrons. The Morgan fingerprint density at radius 1 is 1.06 bits per heavy atom. The van der Waals surface area contributed by atoms with Gasteiger partial charge in [0.2, 0.25) is 0 Å². The number of rotatable bonds is 6. The lowest BCUT2D eigenvalue weighted by atomic mass is 10.0. The number of nitrogens with zero attached hydrogens (tertiary/aromatic N) is 1. The molecule has 3 aromatic rings. The van der Waals surface area contributed by atoms with Crippen molar-refractivity contribution in [1.82, 2.24) is 0 Å². The second-order valence-electron chi connectivity index (χ2n) is 7.26. The number of fused-ring (bicyclic) bond motifs is 1. The Balaban J connectivity index is 1.65. The number of benzene rings is 3. The van der Waals surface area contributed by atoms with Crippen LogP contribution in [0.3, 0.4) is 0 Å². The highest BCUT2D eigenvalue weighted by atomic mass is 35.5. The van der Waals surface area contributed by atoms with Crippen LogP contribution < -0.4 is 13.8 Å². The van der Waals surface area contributed by atoms with Crippen LogP contribution in [0.15, 0.2) is 59.5 Å². The molecule has 0 amide bonds. The van der Waals surface area contributed by atoms with Crippen molar-refractivity contribution in [2.75, 3.05) is 18.0 Å². The second-order valence-corrected chi connectivity index (χ2v) is 9.93. The summed E-state index contributed by atoms with van der Waals surface area (Å²) in [5.74, 6) is -0.269. The van der Waals surface area contributed by atoms with Gasteiger partial charge < -0.3 is 9.47 Å². The minimum absolute atomic E-state index is 0.0437. The van der Waals surface area contributed by atoms with Gasteiger partial charge in [0.25, 0.3) is 10.0 Å². The third-order valence-electron chi connectivity index (χ3n) is 5.29. The van der Waals surface area contributed by atoms with Crippen molar-refractivity contribution >= 4 is 38.9 Å². The van der Waals surface area contributed by atoms with E-state index in [4.69, 9.17) is 32.7 Å². The van der Waals surface area contributed by atoms with Crippen molar-refractivity contribution < 1.29 is 22.3 Å². The van der Waals surface area contributed by atoms with Crippen LogP contribution >= 0.6 is 23.2 Å². The predicted molar refractivity (Wildman–Crippen MR) is 123 cm³/mol. The molecule has 1 aliphatic heterocycles. The molecule has 0 aromatic heterocycles. The zero-order valence-electron chi connectivity index (χ0n) is 17.1. The standard InChI is InChI=1S/C23H20Cl2FNO4S/c1-30-23-13-17(9-10-21(23)26)32(28,29)27-11-3-4-15-7-8-16(12-22(15)27)31-14-18-19(24)5-2-6-20(18)25/h2,5-10,12-13H,3-4,11,14H2,1H3. The van der Waals surface area contributed by atoms with Crippen LogP contribution in [0.4, 0.5) is 10.1 Å². The molecular formula is C23H20Cl2FNO4S. The number of sulfonamides is 1. The van der Waals surface area contributed by atoms with Gasteiger partial charge in [-0.15, -0.1) is 0 Å². The van der Waals surface area contributed by atoms with Gasteiger partial charge in [0.1, 0.15) is 12.4 Å². The fourth-order valence-electron chi connectivity index (χ4n) is 3.61. The maximum Gasteiger partial charge on any atom is 0.264 e. The molecule has 0 aliphatic carbocycles. The molecule has 4 rings (SSSR count). The first-order valence-corrected chi connectivity index (χ1v) is 12.1. The number of methoxy groups -OCH3 is 1. The van der Waals surface area contributed by atoms with Crippen LogP contribution in [-0.2, 0) is 23.1 Å². The molecule has 0 spiro atoms. The van der Waals surface area contributed by atoms with Crippen LogP contribution in [0, 0.1) is 5.82 Å². The highest BCUT2D eigenvalue weighted by Crippen LogP contribution is 2.36. The van der Waals surface area contributed by atoms with E-state index >= 15 is 0 Å². The molecule has 0 N–H and O–H groups in total. The molecular weight excluding hydrogens is 476 g/mol. The molecule has 1 heterocycles. The van der Waals surface area contributed by atoms with E-state index in [0.717, 1.165) is 18.1 Å². The molecule has 32 heavy (non-hydrogen) atoms. The summed E-state index contributed by atoms with van der Waals surface area (Å²) >= 11 is 12.4. The number of aryl methyl sites for hydroxylation is 1. The molecule has 168 valence electrons. The monoisotopic (exact) mass is 495 g/mol. The summed E-state index contributed by atoms with van der Waals surface area (Å²) in [7, 11) is -2.64. The molecule has 0 fully saturated rings. The van der Waals surface area contributed by atoms with Gasteiger partial charge in [-0.3, -0.25) is 4.31 Å². The van der Waals surface area contributed by atoms with Crippen LogP contribution in [0.2, 0.25) is 10.0 Å². The lowest BCUT2D eigenvalue weighted by molar-refractivity contribution is 0.306. The van der Waals surface area contributed by atoms with Crippen molar-refractivity contribution in [3.8, 4) is 11.5 Å². The molecule has 1 aliphatic rings. The Hall–Kier alpha value is -2.48. The third kappa shape index (κ3) is 4.37. The molecule has 9 heteroatoms. The number of ether oxygens (including phenoxy) is 2. The van der Waals surface area contributed by atoms with E-state index in [1.165, 1.54) is 23.5 Å². The molecule has 0 saturated carbocycles. The topological polar surface area (TPSA) is 55.8 Å². The van der Waals surface area contributed by atoms with E-state index < -0.39 is 15.8 Å². The van der Waals surface area contributed by atoms with Crippen molar-refractivity contribution in [2.24, 2.45) is 0 Å². The minimum atomic E-state index is -3.93. The van der Waals surface area contributed by atoms with Crippen LogP contribution in [-0.4, -0.2) is 22.1 Å². The Labute approximate surface area is 196 Å². The van der Waals surface area contributed by atoms with Gasteiger partial charge in [-0.25, -0.2) is 12.8 Å². The Morgan fingerprint density at radius 2 is 1.81 bits per heavy atom. The molecule has 0 bridgehead atoms. The number of hydrogen-bond acceptors (Lipinski definition) is 4. The lowest BCUT2D eigenvalue weighted by Crippen LogP contribution is -2.35. The van der Waals surface area contributed by atoms with Gasteiger partial charge in [-0.2, -0.15) is 0 Å². The van der Waals surface area contributed by atoms with Gasteiger partial charge in [-0.05, 0) is 48.7 Å². The summed E-state index contributed by atoms with van der Waals surface area (Å²) < 4.78 is 52.7. The lowest BCUT2D eigenvalue weighted by Gasteiger charge is -2.31. The van der Waals surface area contributed by atoms with E-state index in [1.807, 2.05) is 6.07 Å². The zero-order valence-corrected chi connectivity index (χ0v) is 19.5. The van der Waals surface area contributed by atoms with Crippen LogP contribution in [0.1, 0.15) is 17.5 Å². The molecule has 0 saturated heterocycles. The largest absolute Gasteiger partial charge is 0.494 e. The summed E-state index contributed by atoms with van der Waals surface area (Å²) in [4.78, 5) is -0.0437. The fourth-order valence-corrected chi connectivity index (χ4v) is 5.67. The average molecular weight is 496 g/mol. The summed E-state index contributed by atoms with van der Waals surface area (Å²) in [5.41, 5.74) is 2.07. The Bertz CT molecular complexity index is 1250. The molecule has 0 atom stereocenters. The summed E-state index contributed by atoms with van der Waals surface area (Å²) in [5, 5.41) is 0.981. The number of hydrogen-bond donors (Lipinski definition) is 0. The smallest absolute Gasteiger partial charge is 0.264 e. The Kier molecular flexibility index (Phi) is 6.51. The number of anilines is 1. The predicted octanol–water partition coefficient (Wildman–Crippen LogP) is 5.86. The quantitative estimate of drug-likeness (QED) is 0.429. The van der Waals surface area contributed by atoms with Crippen molar-refractivity contribution in [2.45, 2.75) is 24.3 Å². The van der Waals surface area contributed by atoms with Gasteiger partial charge in [0, 0.05) is 34.3 Å². The normalized spacial score (nSPS) is 13.6. The first kappa shape index (κ1) is 22.7. The van der Waals surface area contributed by atoms with E-state index in [1.54, 1.807) is 30.3 Å². The maximum atomic E-state index is 13.8. The number of halogens is 3. The highest BCUT2D eigenvalue weighted by Gasteiger charge is 2.30. The summed E-state index contributed by atoms with van der Waals surface area (Å²) in [6.07, 6.45) is 1.41. The zero-order chi connectivity index (χ0) is 22.9. The van der Waals surface area contributed by atoms with E-state index in [-0.39, 0.29) is 17.3 Å². The minimum Gasteiger partial charge on any atom is -0.494 e. The first-order chi connectivity index (χ1) is 15.3. The van der Waals surface area contributed by atoms with E-state index in [0.29, 0.717) is 40.0 Å². The molecule has 3 aromatic carbocycles. The fraction of sp³-hybridized carbons (Fsp3) is 0.217. The summed E-state index contributed by atoms with van der Waals surface area (Å²) in [6.45, 7) is 0.439. The van der Waals surface area contributed by atoms with Crippen molar-refractivity contribution in [3.63, 3.8) is 0 Å². The first-order valence-electron chi connectivity index (χ1n) is 9.86. The molecule has 0 unspecified atom stereocenters. The van der Waals surface area contributed by atoms with Crippen molar-refractivity contribution in [3.05, 3.63) is 81.6 Å². The van der Waals surface area contributed by atoms with E-state index in [2.05, 4.69) is 0 Å². The van der Waals surface area contributed by atoms with Gasteiger partial charge in [-0.1, -0.05) is 35.3 Å². The second kappa shape index (κ2) is 9.17. The van der Waals surface area contributed by atoms with E-state index in [9.17, 15) is 12.8 Å². The van der Waals surface area contributed by atoms with Crippen molar-refractivity contribution in [1.29, 1.82) is 0 Å². The SMILES string of the molecule is COc1cc(S(=O)(=O)N2CCCc3ccc(OCc4c(Cl)cccc4Cl)cc32)ccc1F. The van der Waals surface area contributed by atoms with Gasteiger partial charge in [0.05, 0.1) is 17.7 Å². The van der Waals surface area contributed by atoms with Crippen LogP contribution in [0.25, 0.3) is 0 Å². The average Bonchev–Trinajstić information content (AvgIpc) is 2.78. The Morgan fingerprint density at radius 3 is 2.53 bits per heavy atom.